The normalized spacial score (nSPS) is 22.9. The van der Waals surface area contributed by atoms with Crippen LogP contribution in [0.5, 0.6) is 0 Å². The molecule has 0 amide bonds. The van der Waals surface area contributed by atoms with Crippen molar-refractivity contribution >= 4 is 29.5 Å². The minimum absolute atomic E-state index is 0.0655. The molecule has 19 heavy (non-hydrogen) atoms. The first kappa shape index (κ1) is 10.6. The largest absolute Gasteiger partial charge is 0.321 e. The minimum Gasteiger partial charge on any atom is -0.321 e. The van der Waals surface area contributed by atoms with Crippen molar-refractivity contribution in [1.82, 2.24) is 10.2 Å². The predicted octanol–water partition coefficient (Wildman–Crippen LogP) is -1.32. The maximum Gasteiger partial charge on any atom is 0.244 e. The zero-order chi connectivity index (χ0) is 13.4. The van der Waals surface area contributed by atoms with Crippen LogP contribution in [0.15, 0.2) is 25.0 Å². The smallest absolute Gasteiger partial charge is 0.244 e. The van der Waals surface area contributed by atoms with E-state index in [1.807, 2.05) is 6.07 Å². The molecule has 3 aliphatic rings. The van der Waals surface area contributed by atoms with Crippen LogP contribution in [0.3, 0.4) is 0 Å². The molecule has 3 rings (SSSR count). The molecule has 0 aromatic rings. The summed E-state index contributed by atoms with van der Waals surface area (Å²) in [6.07, 6.45) is -0.897. The van der Waals surface area contributed by atoms with E-state index in [2.05, 4.69) is 30.3 Å². The van der Waals surface area contributed by atoms with E-state index in [0.29, 0.717) is 0 Å². The summed E-state index contributed by atoms with van der Waals surface area (Å²) < 4.78 is 0. The van der Waals surface area contributed by atoms with Gasteiger partial charge in [0.25, 0.3) is 0 Å². The quantitative estimate of drug-likeness (QED) is 0.565. The second kappa shape index (κ2) is 3.72. The lowest BCUT2D eigenvalue weighted by Gasteiger charge is -2.32. The molecule has 1 N–H and O–H groups in total. The first-order chi connectivity index (χ1) is 9.25. The Morgan fingerprint density at radius 3 is 2.32 bits per heavy atom. The Morgan fingerprint density at radius 1 is 0.947 bits per heavy atom. The second-order valence-electron chi connectivity index (χ2n) is 3.38. The van der Waals surface area contributed by atoms with E-state index in [9.17, 15) is 0 Å². The third-order valence-electron chi connectivity index (χ3n) is 2.27. The first-order valence-electron chi connectivity index (χ1n) is 4.94. The fraction of sp³-hybridized carbons (Fsp3) is 0.111. The van der Waals surface area contributed by atoms with Gasteiger partial charge in [-0.3, -0.25) is 0 Å². The molecule has 0 spiro atoms. The summed E-state index contributed by atoms with van der Waals surface area (Å²) in [4.78, 5) is 20.8. The summed E-state index contributed by atoms with van der Waals surface area (Å²) in [7, 11) is 0. The third-order valence-corrected chi connectivity index (χ3v) is 2.27. The number of hydrogen-bond acceptors (Lipinski definition) is 10. The predicted molar refractivity (Wildman–Crippen MR) is 62.8 cm³/mol. The lowest BCUT2D eigenvalue weighted by molar-refractivity contribution is 0.654. The lowest BCUT2D eigenvalue weighted by Crippen LogP contribution is -2.57. The molecule has 0 saturated carbocycles. The number of amidine groups is 2. The molecule has 88 valence electrons. The summed E-state index contributed by atoms with van der Waals surface area (Å²) in [6, 6.07) is 5.43. The molecule has 3 aliphatic heterocycles. The number of aliphatic imine (C=N–C) groups is 5. The minimum atomic E-state index is -0.897. The Hall–Kier alpha value is -3.58. The molecule has 0 saturated heterocycles. The van der Waals surface area contributed by atoms with Crippen LogP contribution in [-0.2, 0) is 0 Å². The Morgan fingerprint density at radius 2 is 1.63 bits per heavy atom. The molecule has 0 aromatic heterocycles. The van der Waals surface area contributed by atoms with Gasteiger partial charge in [0.2, 0.25) is 35.7 Å². The number of guanidine groups is 3. The van der Waals surface area contributed by atoms with E-state index in [1.54, 1.807) is 12.1 Å². The van der Waals surface area contributed by atoms with Gasteiger partial charge in [-0.25, -0.2) is 9.89 Å². The molecule has 0 aromatic carbocycles. The van der Waals surface area contributed by atoms with Gasteiger partial charge in [0.15, 0.2) is 0 Å². The van der Waals surface area contributed by atoms with Crippen LogP contribution in [0.2, 0.25) is 0 Å². The SMILES string of the molecule is N#CC1=NC2=NC(C#N)=NC3=NC(C#N)NC(=N1)N23. The Bertz CT molecular complexity index is 743. The Balaban J connectivity index is 2.20. The lowest BCUT2D eigenvalue weighted by atomic mass is 10.4. The highest BCUT2D eigenvalue weighted by atomic mass is 15.5. The molecular weight excluding hydrogens is 248 g/mol. The third kappa shape index (κ3) is 1.51. The highest BCUT2D eigenvalue weighted by Crippen LogP contribution is 2.15. The van der Waals surface area contributed by atoms with Crippen LogP contribution < -0.4 is 5.32 Å². The molecule has 10 nitrogen and oxygen atoms in total. The van der Waals surface area contributed by atoms with Crippen LogP contribution in [0.1, 0.15) is 0 Å². The fourth-order valence-corrected chi connectivity index (χ4v) is 1.55. The van der Waals surface area contributed by atoms with E-state index in [4.69, 9.17) is 15.8 Å². The maximum atomic E-state index is 8.89. The second-order valence-corrected chi connectivity index (χ2v) is 3.38. The van der Waals surface area contributed by atoms with E-state index < -0.39 is 6.17 Å². The van der Waals surface area contributed by atoms with Crippen molar-refractivity contribution < 1.29 is 0 Å². The van der Waals surface area contributed by atoms with Gasteiger partial charge >= 0.3 is 0 Å². The highest BCUT2D eigenvalue weighted by molar-refractivity contribution is 6.30. The van der Waals surface area contributed by atoms with Gasteiger partial charge < -0.3 is 5.32 Å². The van der Waals surface area contributed by atoms with Crippen LogP contribution in [-0.4, -0.2) is 40.6 Å². The van der Waals surface area contributed by atoms with E-state index in [-0.39, 0.29) is 29.5 Å². The van der Waals surface area contributed by atoms with Crippen molar-refractivity contribution in [2.24, 2.45) is 25.0 Å². The Kier molecular flexibility index (Phi) is 2.07. The van der Waals surface area contributed by atoms with Crippen LogP contribution in [0, 0.1) is 34.0 Å². The molecule has 1 unspecified atom stereocenters. The number of nitrogens with one attached hydrogen (secondary N) is 1. The van der Waals surface area contributed by atoms with Crippen LogP contribution in [0.25, 0.3) is 0 Å². The van der Waals surface area contributed by atoms with Crippen molar-refractivity contribution in [2.75, 3.05) is 0 Å². The van der Waals surface area contributed by atoms with Gasteiger partial charge in [-0.05, 0) is 0 Å². The molecule has 0 radical (unpaired) electrons. The summed E-state index contributed by atoms with van der Waals surface area (Å²) >= 11 is 0. The van der Waals surface area contributed by atoms with Crippen molar-refractivity contribution in [2.45, 2.75) is 6.17 Å². The summed E-state index contributed by atoms with van der Waals surface area (Å²) in [6.45, 7) is 0. The van der Waals surface area contributed by atoms with Crippen molar-refractivity contribution in [3.05, 3.63) is 0 Å². The molecule has 0 fully saturated rings. The maximum absolute atomic E-state index is 8.89. The van der Waals surface area contributed by atoms with E-state index in [1.165, 1.54) is 4.90 Å². The molecule has 0 aliphatic carbocycles. The van der Waals surface area contributed by atoms with E-state index in [0.717, 1.165) is 0 Å². The average Bonchev–Trinajstić information content (AvgIpc) is 2.46. The van der Waals surface area contributed by atoms with Gasteiger partial charge in [-0.2, -0.15) is 35.8 Å². The number of rotatable bonds is 0. The van der Waals surface area contributed by atoms with Gasteiger partial charge in [0, 0.05) is 0 Å². The zero-order valence-electron chi connectivity index (χ0n) is 9.10. The highest BCUT2D eigenvalue weighted by Gasteiger charge is 2.36. The van der Waals surface area contributed by atoms with Gasteiger partial charge in [-0.15, -0.1) is 0 Å². The van der Waals surface area contributed by atoms with Crippen molar-refractivity contribution in [3.63, 3.8) is 0 Å². The number of nitrogens with zero attached hydrogens (tertiary/aromatic N) is 9. The first-order valence-corrected chi connectivity index (χ1v) is 4.94. The standard InChI is InChI=1S/C9H2N10/c10-1-4-13-7-15-5(2-11)17-9-18-6(3-12)16-8(14-4)19(7)9/h4H,(H,13,14,15,16,17,18). The monoisotopic (exact) mass is 250 g/mol. The fourth-order valence-electron chi connectivity index (χ4n) is 1.55. The number of hydrogen-bond donors (Lipinski definition) is 1. The molecule has 3 heterocycles. The van der Waals surface area contributed by atoms with Crippen LogP contribution in [0.4, 0.5) is 0 Å². The number of nitriles is 3. The van der Waals surface area contributed by atoms with Crippen LogP contribution >= 0.6 is 0 Å². The molecule has 0 bridgehead atoms. The van der Waals surface area contributed by atoms with Crippen molar-refractivity contribution in [1.29, 1.82) is 15.8 Å². The zero-order valence-corrected chi connectivity index (χ0v) is 9.10. The summed E-state index contributed by atoms with van der Waals surface area (Å²) in [5, 5.41) is 29.3. The van der Waals surface area contributed by atoms with Gasteiger partial charge in [0.1, 0.15) is 18.2 Å². The molecule has 10 heteroatoms. The van der Waals surface area contributed by atoms with E-state index >= 15 is 0 Å². The van der Waals surface area contributed by atoms with Gasteiger partial charge in [0.05, 0.1) is 0 Å². The van der Waals surface area contributed by atoms with Gasteiger partial charge in [-0.1, -0.05) is 0 Å². The molecular formula is C9H2N10. The topological polar surface area (TPSA) is 148 Å². The van der Waals surface area contributed by atoms with Crippen molar-refractivity contribution in [3.8, 4) is 18.2 Å². The Labute approximate surface area is 106 Å². The summed E-state index contributed by atoms with van der Waals surface area (Å²) in [5.74, 6) is 0.0604. The molecule has 1 atom stereocenters. The summed E-state index contributed by atoms with van der Waals surface area (Å²) in [5.41, 5.74) is 0. The average molecular weight is 250 g/mol.